The number of nitrogens with two attached hydrogens (primary N) is 2. The van der Waals surface area contributed by atoms with Gasteiger partial charge in [0.1, 0.15) is 36.7 Å². The van der Waals surface area contributed by atoms with Gasteiger partial charge in [-0.1, -0.05) is 12.7 Å². The molecule has 9 nitrogen and oxygen atoms in total. The molecule has 1 unspecified atom stereocenters. The van der Waals surface area contributed by atoms with E-state index in [1.165, 1.54) is 0 Å². The number of hydrogen-bond donors (Lipinski definition) is 5. The molecule has 10 heteroatoms. The molecule has 0 fully saturated rings. The smallest absolute Gasteiger partial charge is 0.243 e. The van der Waals surface area contributed by atoms with Crippen LogP contribution in [0.15, 0.2) is 72.6 Å². The Labute approximate surface area is 190 Å². The van der Waals surface area contributed by atoms with Gasteiger partial charge in [0, 0.05) is 23.6 Å². The van der Waals surface area contributed by atoms with Crippen LogP contribution >= 0.6 is 0 Å². The summed E-state index contributed by atoms with van der Waals surface area (Å²) in [4.78, 5) is 8.12. The monoisotopic (exact) mass is 448 g/mol. The Morgan fingerprint density at radius 2 is 1.91 bits per heavy atom. The van der Waals surface area contributed by atoms with E-state index in [1.54, 1.807) is 60.9 Å². The minimum absolute atomic E-state index is 0.0282. The van der Waals surface area contributed by atoms with E-state index in [1.807, 2.05) is 6.07 Å². The van der Waals surface area contributed by atoms with Gasteiger partial charge in [-0.15, -0.1) is 0 Å². The van der Waals surface area contributed by atoms with Gasteiger partial charge in [0.05, 0.1) is 0 Å². The highest BCUT2D eigenvalue weighted by Gasteiger charge is 2.19. The van der Waals surface area contributed by atoms with Crippen LogP contribution in [-0.2, 0) is 0 Å². The zero-order chi connectivity index (χ0) is 23.6. The van der Waals surface area contributed by atoms with E-state index in [2.05, 4.69) is 32.4 Å². The Morgan fingerprint density at radius 3 is 2.55 bits per heavy atom. The summed E-state index contributed by atoms with van der Waals surface area (Å²) in [5.74, 6) is 0.929. The maximum absolute atomic E-state index is 12.6. The lowest BCUT2D eigenvalue weighted by atomic mass is 10.0. The van der Waals surface area contributed by atoms with E-state index in [-0.39, 0.29) is 24.2 Å². The number of anilines is 2. The average molecular weight is 449 g/mol. The van der Waals surface area contributed by atoms with Crippen LogP contribution in [0.4, 0.5) is 16.0 Å². The number of hydrogen-bond acceptors (Lipinski definition) is 7. The van der Waals surface area contributed by atoms with E-state index >= 15 is 0 Å². The molecule has 2 aromatic carbocycles. The summed E-state index contributed by atoms with van der Waals surface area (Å²) in [7, 11) is 0. The van der Waals surface area contributed by atoms with Gasteiger partial charge in [-0.25, -0.2) is 19.8 Å². The van der Waals surface area contributed by atoms with Gasteiger partial charge >= 0.3 is 0 Å². The summed E-state index contributed by atoms with van der Waals surface area (Å²) < 4.78 is 18.1. The maximum Gasteiger partial charge on any atom is 0.243 e. The van der Waals surface area contributed by atoms with Crippen molar-refractivity contribution < 1.29 is 9.13 Å². The molecular weight excluding hydrogens is 423 g/mol. The van der Waals surface area contributed by atoms with Crippen molar-refractivity contribution in [2.75, 3.05) is 24.0 Å². The van der Waals surface area contributed by atoms with Crippen molar-refractivity contribution in [3.05, 3.63) is 84.2 Å². The molecule has 3 rings (SSSR count). The minimum Gasteiger partial charge on any atom is -0.491 e. The number of ether oxygens (including phenoxy) is 1. The molecule has 0 amide bonds. The van der Waals surface area contributed by atoms with E-state index in [4.69, 9.17) is 21.6 Å². The van der Waals surface area contributed by atoms with Crippen molar-refractivity contribution >= 4 is 29.4 Å². The normalized spacial score (nSPS) is 12.0. The summed E-state index contributed by atoms with van der Waals surface area (Å²) >= 11 is 0. The second kappa shape index (κ2) is 11.2. The largest absolute Gasteiger partial charge is 0.491 e. The highest BCUT2D eigenvalue weighted by molar-refractivity contribution is 5.95. The van der Waals surface area contributed by atoms with Crippen LogP contribution < -0.4 is 26.9 Å². The molecule has 1 heterocycles. The third-order valence-electron chi connectivity index (χ3n) is 4.52. The Balaban J connectivity index is 1.96. The number of nitrogens with one attached hydrogen (secondary N) is 3. The number of benzene rings is 2. The number of halogens is 1. The number of nitrogens with zero attached hydrogens (tertiary/aromatic N) is 3. The van der Waals surface area contributed by atoms with Crippen molar-refractivity contribution in [3.8, 4) is 5.75 Å². The molecule has 33 heavy (non-hydrogen) atoms. The van der Waals surface area contributed by atoms with Crippen molar-refractivity contribution in [3.63, 3.8) is 0 Å². The zero-order valence-corrected chi connectivity index (χ0v) is 17.8. The summed E-state index contributed by atoms with van der Waals surface area (Å²) in [6.45, 7) is 3.13. The Bertz CT molecular complexity index is 1120. The standard InChI is InChI=1S/C23H25FN8O/c1-2-15-12-17(14-19(13-15)33-11-8-24)20(22(27)31-32-23-28-9-3-10-29-23)30-18-6-4-16(5-7-18)21(25)26/h2-7,9-10,12-14,20,30H,1,8,11H2,(H3,25,26)(H2,27,31)(H,28,29,32). The molecule has 3 aromatic rings. The molecule has 7 N–H and O–H groups in total. The van der Waals surface area contributed by atoms with Gasteiger partial charge in [0.2, 0.25) is 5.95 Å². The maximum atomic E-state index is 12.6. The summed E-state index contributed by atoms with van der Waals surface area (Å²) in [5.41, 5.74) is 17.4. The van der Waals surface area contributed by atoms with Gasteiger partial charge in [0.25, 0.3) is 0 Å². The van der Waals surface area contributed by atoms with Gasteiger partial charge in [-0.05, 0) is 59.7 Å². The molecule has 0 aliphatic carbocycles. The fourth-order valence-electron chi connectivity index (χ4n) is 2.95. The van der Waals surface area contributed by atoms with Crippen molar-refractivity contribution in [1.82, 2.24) is 9.97 Å². The van der Waals surface area contributed by atoms with Crippen LogP contribution in [0.5, 0.6) is 5.75 Å². The van der Waals surface area contributed by atoms with Crippen molar-refractivity contribution in [2.45, 2.75) is 6.04 Å². The summed E-state index contributed by atoms with van der Waals surface area (Å²) in [6, 6.07) is 13.5. The van der Waals surface area contributed by atoms with E-state index in [9.17, 15) is 4.39 Å². The van der Waals surface area contributed by atoms with Crippen LogP contribution in [0, 0.1) is 5.41 Å². The van der Waals surface area contributed by atoms with Gasteiger partial charge in [0.15, 0.2) is 0 Å². The molecule has 0 spiro atoms. The topological polar surface area (TPSA) is 147 Å². The van der Waals surface area contributed by atoms with Gasteiger partial charge < -0.3 is 21.5 Å². The molecule has 1 aromatic heterocycles. The third kappa shape index (κ3) is 6.50. The van der Waals surface area contributed by atoms with E-state index in [0.29, 0.717) is 22.6 Å². The first-order chi connectivity index (χ1) is 16.0. The molecule has 0 radical (unpaired) electrons. The zero-order valence-electron chi connectivity index (χ0n) is 17.8. The molecule has 0 saturated heterocycles. The molecule has 170 valence electrons. The van der Waals surface area contributed by atoms with Crippen LogP contribution in [0.1, 0.15) is 22.7 Å². The lowest BCUT2D eigenvalue weighted by Gasteiger charge is -2.21. The Hall–Kier alpha value is -4.47. The average Bonchev–Trinajstić information content (AvgIpc) is 2.85. The lowest BCUT2D eigenvalue weighted by molar-refractivity contribution is 0.273. The van der Waals surface area contributed by atoms with Gasteiger partial charge in [-0.3, -0.25) is 5.41 Å². The third-order valence-corrected chi connectivity index (χ3v) is 4.52. The second-order valence-corrected chi connectivity index (χ2v) is 6.87. The van der Waals surface area contributed by atoms with Crippen molar-refractivity contribution in [1.29, 1.82) is 5.41 Å². The van der Waals surface area contributed by atoms with Crippen LogP contribution in [0.3, 0.4) is 0 Å². The fraction of sp³-hybridized carbons (Fsp3) is 0.130. The predicted molar refractivity (Wildman–Crippen MR) is 129 cm³/mol. The molecule has 0 bridgehead atoms. The quantitative estimate of drug-likeness (QED) is 0.172. The second-order valence-electron chi connectivity index (χ2n) is 6.87. The summed E-state index contributed by atoms with van der Waals surface area (Å²) in [6.07, 6.45) is 4.82. The molecule has 0 aliphatic rings. The molecular formula is C23H25FN8O. The molecule has 1 atom stereocenters. The van der Waals surface area contributed by atoms with Crippen LogP contribution in [0.25, 0.3) is 6.08 Å². The summed E-state index contributed by atoms with van der Waals surface area (Å²) in [5, 5.41) is 15.1. The number of rotatable bonds is 11. The van der Waals surface area contributed by atoms with Crippen LogP contribution in [-0.4, -0.2) is 34.9 Å². The highest BCUT2D eigenvalue weighted by atomic mass is 19.1. The fourth-order valence-corrected chi connectivity index (χ4v) is 2.95. The van der Waals surface area contributed by atoms with Crippen molar-refractivity contribution in [2.24, 2.45) is 16.6 Å². The first-order valence-electron chi connectivity index (χ1n) is 10.0. The van der Waals surface area contributed by atoms with Gasteiger partial charge in [-0.2, -0.15) is 5.10 Å². The minimum atomic E-state index is -0.609. The first-order valence-corrected chi connectivity index (χ1v) is 10.0. The Morgan fingerprint density at radius 1 is 1.18 bits per heavy atom. The van der Waals surface area contributed by atoms with Crippen LogP contribution in [0.2, 0.25) is 0 Å². The Kier molecular flexibility index (Phi) is 7.90. The van der Waals surface area contributed by atoms with E-state index in [0.717, 1.165) is 5.56 Å². The SMILES string of the molecule is C=Cc1cc(OCCF)cc(C(Nc2ccc(C(=N)N)cc2)/C(N)=N/Nc2ncccn2)c1. The number of aromatic nitrogens is 2. The highest BCUT2D eigenvalue weighted by Crippen LogP contribution is 2.27. The van der Waals surface area contributed by atoms with E-state index < -0.39 is 12.7 Å². The number of nitrogen functional groups attached to an aromatic ring is 1. The first kappa shape index (κ1) is 23.2. The number of amidine groups is 2. The lowest BCUT2D eigenvalue weighted by Crippen LogP contribution is -2.29. The molecule has 0 aliphatic heterocycles. The number of alkyl halides is 1. The molecule has 0 saturated carbocycles. The number of hydrazone groups is 1. The predicted octanol–water partition coefficient (Wildman–Crippen LogP) is 3.29.